The molecule has 32 heavy (non-hydrogen) atoms. The first-order chi connectivity index (χ1) is 15.3. The summed E-state index contributed by atoms with van der Waals surface area (Å²) in [6, 6.07) is 16.8. The first-order valence-corrected chi connectivity index (χ1v) is 13.0. The molecule has 1 fully saturated rings. The molecule has 4 rings (SSSR count). The number of quaternary nitrogens is 1. The Bertz CT molecular complexity index is 969. The van der Waals surface area contributed by atoms with Crippen LogP contribution in [-0.4, -0.2) is 60.2 Å². The fourth-order valence-electron chi connectivity index (χ4n) is 4.65. The molecule has 3 heterocycles. The van der Waals surface area contributed by atoms with Crippen molar-refractivity contribution in [1.82, 2.24) is 4.90 Å². The van der Waals surface area contributed by atoms with Crippen LogP contribution in [-0.2, 0) is 16.8 Å². The monoisotopic (exact) mass is 469 g/mol. The highest BCUT2D eigenvalue weighted by atomic mass is 32.1. The van der Waals surface area contributed by atoms with Crippen LogP contribution in [0.25, 0.3) is 0 Å². The smallest absolute Gasteiger partial charge is 0.265 e. The molecule has 4 nitrogen and oxygen atoms in total. The zero-order chi connectivity index (χ0) is 22.8. The summed E-state index contributed by atoms with van der Waals surface area (Å²) >= 11 is 2.87. The van der Waals surface area contributed by atoms with E-state index in [4.69, 9.17) is 0 Å². The van der Waals surface area contributed by atoms with Crippen molar-refractivity contribution in [1.29, 1.82) is 0 Å². The van der Waals surface area contributed by atoms with Crippen LogP contribution in [0, 0.1) is 6.92 Å². The first kappa shape index (κ1) is 23.2. The number of thiophene rings is 2. The Balaban J connectivity index is 1.41. The van der Waals surface area contributed by atoms with Crippen molar-refractivity contribution >= 4 is 28.6 Å². The van der Waals surface area contributed by atoms with Crippen molar-refractivity contribution in [2.45, 2.75) is 37.8 Å². The summed E-state index contributed by atoms with van der Waals surface area (Å²) in [6.45, 7) is 4.58. The molecular formula is C26H33N2O2S2+. The fourth-order valence-corrected chi connectivity index (χ4v) is 6.37. The third-order valence-corrected chi connectivity index (χ3v) is 8.86. The zero-order valence-corrected chi connectivity index (χ0v) is 20.8. The van der Waals surface area contributed by atoms with E-state index in [-0.39, 0.29) is 5.91 Å². The molecule has 1 N–H and O–H groups in total. The van der Waals surface area contributed by atoms with Crippen molar-refractivity contribution in [3.05, 3.63) is 80.2 Å². The quantitative estimate of drug-likeness (QED) is 0.511. The number of hydrogen-bond acceptors (Lipinski definition) is 4. The van der Waals surface area contributed by atoms with Crippen LogP contribution in [0.1, 0.15) is 33.7 Å². The molecule has 1 saturated heterocycles. The highest BCUT2D eigenvalue weighted by Crippen LogP contribution is 2.38. The third-order valence-electron chi connectivity index (χ3n) is 6.90. The number of nitrogens with zero attached hydrogens (tertiary/aromatic N) is 2. The van der Waals surface area contributed by atoms with Gasteiger partial charge >= 0.3 is 0 Å². The molecule has 170 valence electrons. The van der Waals surface area contributed by atoms with Gasteiger partial charge < -0.3 is 14.5 Å². The van der Waals surface area contributed by atoms with Gasteiger partial charge in [0.15, 0.2) is 0 Å². The first-order valence-electron chi connectivity index (χ1n) is 11.3. The molecule has 2 aromatic heterocycles. The lowest BCUT2D eigenvalue weighted by molar-refractivity contribution is -0.916. The average molecular weight is 470 g/mol. The third kappa shape index (κ3) is 4.69. The van der Waals surface area contributed by atoms with Crippen LogP contribution in [0.5, 0.6) is 0 Å². The average Bonchev–Trinajstić information content (AvgIpc) is 3.53. The topological polar surface area (TPSA) is 40.5 Å². The van der Waals surface area contributed by atoms with Crippen molar-refractivity contribution in [2.75, 3.05) is 33.7 Å². The van der Waals surface area contributed by atoms with Crippen LogP contribution in [0.2, 0.25) is 0 Å². The molecule has 0 atom stereocenters. The maximum atomic E-state index is 13.6. The number of rotatable bonds is 7. The van der Waals surface area contributed by atoms with Crippen LogP contribution in [0.4, 0.5) is 0 Å². The number of aliphatic hydroxyl groups is 1. The molecule has 1 amide bonds. The minimum atomic E-state index is -1.58. The highest BCUT2D eigenvalue weighted by Gasteiger charge is 2.46. The van der Waals surface area contributed by atoms with E-state index in [0.717, 1.165) is 30.3 Å². The lowest BCUT2D eigenvalue weighted by Gasteiger charge is -2.44. The van der Waals surface area contributed by atoms with Crippen molar-refractivity contribution in [3.63, 3.8) is 0 Å². The number of hydrogen-bond donors (Lipinski definition) is 1. The number of aryl methyl sites for hydroxylation is 1. The molecule has 0 radical (unpaired) electrons. The summed E-state index contributed by atoms with van der Waals surface area (Å²) in [5.74, 6) is -0.189. The Morgan fingerprint density at radius 3 is 2.09 bits per heavy atom. The maximum absolute atomic E-state index is 13.6. The van der Waals surface area contributed by atoms with E-state index in [1.807, 2.05) is 39.9 Å². The lowest BCUT2D eigenvalue weighted by atomic mass is 9.94. The Morgan fingerprint density at radius 1 is 1.03 bits per heavy atom. The van der Waals surface area contributed by atoms with E-state index in [2.05, 4.69) is 45.3 Å². The van der Waals surface area contributed by atoms with E-state index in [0.29, 0.717) is 28.9 Å². The predicted molar refractivity (Wildman–Crippen MR) is 133 cm³/mol. The summed E-state index contributed by atoms with van der Waals surface area (Å²) in [4.78, 5) is 16.9. The normalized spacial score (nSPS) is 15.8. The van der Waals surface area contributed by atoms with Gasteiger partial charge in [0.1, 0.15) is 0 Å². The SMILES string of the molecule is Cc1ccc(CC[N+](C)(C)C2CCN(C(=O)C(O)(c3cccs3)c3cccs3)CC2)cc1. The van der Waals surface area contributed by atoms with Gasteiger partial charge in [-0.1, -0.05) is 42.0 Å². The predicted octanol–water partition coefficient (Wildman–Crippen LogP) is 4.66. The molecule has 0 unspecified atom stereocenters. The Hall–Kier alpha value is -1.99. The summed E-state index contributed by atoms with van der Waals surface area (Å²) in [5, 5.41) is 15.5. The second kappa shape index (κ2) is 9.48. The molecule has 1 aliphatic rings. The molecule has 0 saturated carbocycles. The molecule has 0 bridgehead atoms. The van der Waals surface area contributed by atoms with Gasteiger partial charge in [-0.15, -0.1) is 22.7 Å². The van der Waals surface area contributed by atoms with Crippen molar-refractivity contribution < 1.29 is 14.4 Å². The molecule has 0 spiro atoms. The standard InChI is InChI=1S/C26H33N2O2S2/c1-20-8-10-21(11-9-20)14-17-28(2,3)22-12-15-27(16-13-22)25(29)26(30,23-6-4-18-31-23)24-7-5-19-32-24/h4-11,18-19,22,30H,12-17H2,1-3H3/q+1. The number of carbonyl (C=O) groups is 1. The van der Waals surface area contributed by atoms with E-state index in [9.17, 15) is 9.90 Å². The Kier molecular flexibility index (Phi) is 6.86. The van der Waals surface area contributed by atoms with Crippen LogP contribution >= 0.6 is 22.7 Å². The van der Waals surface area contributed by atoms with E-state index < -0.39 is 5.60 Å². The largest absolute Gasteiger partial charge is 0.371 e. The summed E-state index contributed by atoms with van der Waals surface area (Å²) in [6.07, 6.45) is 2.97. The van der Waals surface area contributed by atoms with Gasteiger partial charge in [0.2, 0.25) is 5.60 Å². The Labute approximate surface area is 199 Å². The van der Waals surface area contributed by atoms with E-state index >= 15 is 0 Å². The van der Waals surface area contributed by atoms with Crippen molar-refractivity contribution in [2.24, 2.45) is 0 Å². The number of piperidine rings is 1. The van der Waals surface area contributed by atoms with Crippen LogP contribution in [0.3, 0.4) is 0 Å². The molecule has 0 aliphatic carbocycles. The second-order valence-electron chi connectivity index (χ2n) is 9.43. The van der Waals surface area contributed by atoms with E-state index in [1.54, 1.807) is 0 Å². The zero-order valence-electron chi connectivity index (χ0n) is 19.2. The van der Waals surface area contributed by atoms with Crippen molar-refractivity contribution in [3.8, 4) is 0 Å². The molecule has 3 aromatic rings. The summed E-state index contributed by atoms with van der Waals surface area (Å²) < 4.78 is 0.954. The van der Waals surface area contributed by atoms with Gasteiger partial charge in [-0.25, -0.2) is 0 Å². The molecule has 1 aliphatic heterocycles. The van der Waals surface area contributed by atoms with Gasteiger partial charge in [0.25, 0.3) is 5.91 Å². The number of likely N-dealkylation sites (tertiary alicyclic amines) is 1. The molecule has 1 aromatic carbocycles. The summed E-state index contributed by atoms with van der Waals surface area (Å²) in [7, 11) is 4.62. The maximum Gasteiger partial charge on any atom is 0.265 e. The van der Waals surface area contributed by atoms with Gasteiger partial charge in [-0.05, 0) is 35.4 Å². The Morgan fingerprint density at radius 2 is 1.59 bits per heavy atom. The number of amides is 1. The fraction of sp³-hybridized carbons (Fsp3) is 0.423. The second-order valence-corrected chi connectivity index (χ2v) is 11.3. The highest BCUT2D eigenvalue weighted by molar-refractivity contribution is 7.12. The number of benzene rings is 1. The van der Waals surface area contributed by atoms with Gasteiger partial charge in [-0.2, -0.15) is 0 Å². The minimum Gasteiger partial charge on any atom is -0.371 e. The number of likely N-dealkylation sites (N-methyl/N-ethyl adjacent to an activating group) is 1. The summed E-state index contributed by atoms with van der Waals surface area (Å²) in [5.41, 5.74) is 1.10. The van der Waals surface area contributed by atoms with Crippen LogP contribution < -0.4 is 0 Å². The minimum absolute atomic E-state index is 0.189. The lowest BCUT2D eigenvalue weighted by Crippen LogP contribution is -2.57. The van der Waals surface area contributed by atoms with Gasteiger partial charge in [-0.3, -0.25) is 4.79 Å². The van der Waals surface area contributed by atoms with Gasteiger partial charge in [0, 0.05) is 32.4 Å². The molecular weight excluding hydrogens is 436 g/mol. The van der Waals surface area contributed by atoms with Gasteiger partial charge in [0.05, 0.1) is 36.4 Å². The van der Waals surface area contributed by atoms with Crippen LogP contribution in [0.15, 0.2) is 59.3 Å². The van der Waals surface area contributed by atoms with E-state index in [1.165, 1.54) is 33.8 Å². The number of carbonyl (C=O) groups excluding carboxylic acids is 1. The molecule has 6 heteroatoms.